The summed E-state index contributed by atoms with van der Waals surface area (Å²) in [5.74, 6) is -0.149. The number of nitrogens with one attached hydrogen (secondary N) is 1. The van der Waals surface area contributed by atoms with Gasteiger partial charge in [-0.1, -0.05) is 31.4 Å². The van der Waals surface area contributed by atoms with E-state index in [4.69, 9.17) is 0 Å². The number of piperazine rings is 1. The second kappa shape index (κ2) is 9.92. The first-order chi connectivity index (χ1) is 14.3. The largest absolute Gasteiger partial charge is 0.353 e. The molecule has 1 N–H and O–H groups in total. The van der Waals surface area contributed by atoms with Gasteiger partial charge < -0.3 is 10.2 Å². The van der Waals surface area contributed by atoms with Crippen molar-refractivity contribution in [3.05, 3.63) is 29.3 Å². The standard InChI is InChI=1S/C22H33N3O4S/c1-17-8-9-18(2)20(16-17)30(28,29)25-14-12-24(13-15-25)22(27)11-10-21(26)23-19-6-4-3-5-7-19/h8-9,16,19H,3-7,10-15H2,1-2H3,(H,23,26). The first kappa shape index (κ1) is 22.7. The van der Waals surface area contributed by atoms with Gasteiger partial charge in [-0.05, 0) is 43.9 Å². The molecule has 0 radical (unpaired) electrons. The van der Waals surface area contributed by atoms with Gasteiger partial charge in [0.05, 0.1) is 4.90 Å². The summed E-state index contributed by atoms with van der Waals surface area (Å²) in [5, 5.41) is 3.03. The van der Waals surface area contributed by atoms with Crippen LogP contribution in [0, 0.1) is 13.8 Å². The Morgan fingerprint density at radius 2 is 1.67 bits per heavy atom. The quantitative estimate of drug-likeness (QED) is 0.743. The second-order valence-corrected chi connectivity index (χ2v) is 10.4. The minimum absolute atomic E-state index is 0.0635. The predicted molar refractivity (Wildman–Crippen MR) is 116 cm³/mol. The van der Waals surface area contributed by atoms with Crippen LogP contribution in [0.1, 0.15) is 56.1 Å². The Morgan fingerprint density at radius 3 is 2.33 bits per heavy atom. The normalized spacial score (nSPS) is 18.9. The lowest BCUT2D eigenvalue weighted by atomic mass is 9.95. The van der Waals surface area contributed by atoms with Crippen LogP contribution < -0.4 is 5.32 Å². The number of nitrogens with zero attached hydrogens (tertiary/aromatic N) is 2. The van der Waals surface area contributed by atoms with Gasteiger partial charge in [-0.25, -0.2) is 8.42 Å². The van der Waals surface area contributed by atoms with Crippen LogP contribution in [0.2, 0.25) is 0 Å². The minimum Gasteiger partial charge on any atom is -0.353 e. The van der Waals surface area contributed by atoms with E-state index < -0.39 is 10.0 Å². The van der Waals surface area contributed by atoms with Crippen molar-refractivity contribution < 1.29 is 18.0 Å². The Kier molecular flexibility index (Phi) is 7.52. The summed E-state index contributed by atoms with van der Waals surface area (Å²) in [4.78, 5) is 26.6. The Morgan fingerprint density at radius 1 is 1.00 bits per heavy atom. The topological polar surface area (TPSA) is 86.8 Å². The molecule has 0 aromatic heterocycles. The van der Waals surface area contributed by atoms with Gasteiger partial charge in [0.1, 0.15) is 0 Å². The van der Waals surface area contributed by atoms with Gasteiger partial charge in [0.25, 0.3) is 0 Å². The lowest BCUT2D eigenvalue weighted by Gasteiger charge is -2.34. The van der Waals surface area contributed by atoms with Crippen LogP contribution in [0.25, 0.3) is 0 Å². The summed E-state index contributed by atoms with van der Waals surface area (Å²) in [6.07, 6.45) is 5.94. The van der Waals surface area contributed by atoms with Crippen molar-refractivity contribution >= 4 is 21.8 Å². The van der Waals surface area contributed by atoms with E-state index >= 15 is 0 Å². The zero-order valence-corrected chi connectivity index (χ0v) is 18.8. The van der Waals surface area contributed by atoms with Crippen LogP contribution in [0.3, 0.4) is 0 Å². The number of benzene rings is 1. The molecule has 2 fully saturated rings. The van der Waals surface area contributed by atoms with Gasteiger partial charge in [0, 0.05) is 45.1 Å². The summed E-state index contributed by atoms with van der Waals surface area (Å²) < 4.78 is 27.5. The third-order valence-electron chi connectivity index (χ3n) is 6.09. The van der Waals surface area contributed by atoms with Crippen LogP contribution in [0.15, 0.2) is 23.1 Å². The summed E-state index contributed by atoms with van der Waals surface area (Å²) >= 11 is 0. The van der Waals surface area contributed by atoms with Gasteiger partial charge in [-0.2, -0.15) is 4.31 Å². The summed E-state index contributed by atoms with van der Waals surface area (Å²) in [5.41, 5.74) is 1.63. The Balaban J connectivity index is 1.48. The third kappa shape index (κ3) is 5.60. The first-order valence-electron chi connectivity index (χ1n) is 10.9. The first-order valence-corrected chi connectivity index (χ1v) is 12.4. The summed E-state index contributed by atoms with van der Waals surface area (Å²) in [6.45, 7) is 4.93. The SMILES string of the molecule is Cc1ccc(C)c(S(=O)(=O)N2CCN(C(=O)CCC(=O)NC3CCCCC3)CC2)c1. The van der Waals surface area contributed by atoms with Crippen molar-refractivity contribution in [2.45, 2.75) is 69.7 Å². The molecule has 0 spiro atoms. The van der Waals surface area contributed by atoms with E-state index in [0.29, 0.717) is 18.0 Å². The zero-order valence-electron chi connectivity index (χ0n) is 18.0. The van der Waals surface area contributed by atoms with Crippen LogP contribution in [-0.2, 0) is 19.6 Å². The highest BCUT2D eigenvalue weighted by atomic mass is 32.2. The van der Waals surface area contributed by atoms with E-state index in [1.165, 1.54) is 10.7 Å². The fourth-order valence-electron chi connectivity index (χ4n) is 4.23. The molecule has 0 atom stereocenters. The second-order valence-electron chi connectivity index (χ2n) is 8.46. The number of aryl methyl sites for hydroxylation is 2. The van der Waals surface area contributed by atoms with Crippen LogP contribution in [-0.4, -0.2) is 61.7 Å². The number of carbonyl (C=O) groups is 2. The van der Waals surface area contributed by atoms with E-state index in [1.54, 1.807) is 17.9 Å². The number of sulfonamides is 1. The van der Waals surface area contributed by atoms with Gasteiger partial charge >= 0.3 is 0 Å². The zero-order chi connectivity index (χ0) is 21.7. The Labute approximate surface area is 179 Å². The molecule has 1 aliphatic heterocycles. The monoisotopic (exact) mass is 435 g/mol. The molecular weight excluding hydrogens is 402 g/mol. The van der Waals surface area contributed by atoms with Crippen molar-refractivity contribution in [3.63, 3.8) is 0 Å². The molecule has 166 valence electrons. The maximum absolute atomic E-state index is 13.0. The highest BCUT2D eigenvalue weighted by Gasteiger charge is 2.31. The summed E-state index contributed by atoms with van der Waals surface area (Å²) in [6, 6.07) is 5.67. The smallest absolute Gasteiger partial charge is 0.243 e. The minimum atomic E-state index is -3.58. The number of hydrogen-bond acceptors (Lipinski definition) is 4. The van der Waals surface area contributed by atoms with E-state index in [1.807, 2.05) is 19.1 Å². The number of rotatable bonds is 6. The molecule has 1 aliphatic carbocycles. The molecule has 8 heteroatoms. The van der Waals surface area contributed by atoms with Crippen molar-refractivity contribution in [2.24, 2.45) is 0 Å². The van der Waals surface area contributed by atoms with Crippen molar-refractivity contribution in [1.82, 2.24) is 14.5 Å². The molecule has 1 saturated heterocycles. The van der Waals surface area contributed by atoms with Crippen LogP contribution in [0.4, 0.5) is 0 Å². The van der Waals surface area contributed by atoms with E-state index in [9.17, 15) is 18.0 Å². The average Bonchev–Trinajstić information content (AvgIpc) is 2.74. The molecule has 7 nitrogen and oxygen atoms in total. The molecule has 0 unspecified atom stereocenters. The van der Waals surface area contributed by atoms with Crippen LogP contribution in [0.5, 0.6) is 0 Å². The van der Waals surface area contributed by atoms with Gasteiger partial charge in [-0.15, -0.1) is 0 Å². The van der Waals surface area contributed by atoms with Crippen molar-refractivity contribution in [2.75, 3.05) is 26.2 Å². The average molecular weight is 436 g/mol. The highest BCUT2D eigenvalue weighted by Crippen LogP contribution is 2.23. The molecule has 3 rings (SSSR count). The lowest BCUT2D eigenvalue weighted by molar-refractivity contribution is -0.134. The molecule has 30 heavy (non-hydrogen) atoms. The molecule has 2 amide bonds. The number of hydrogen-bond donors (Lipinski definition) is 1. The molecular formula is C22H33N3O4S. The predicted octanol–water partition coefficient (Wildman–Crippen LogP) is 2.37. The van der Waals surface area contributed by atoms with E-state index in [0.717, 1.165) is 36.8 Å². The Bertz CT molecular complexity index is 870. The molecule has 1 aromatic carbocycles. The lowest BCUT2D eigenvalue weighted by Crippen LogP contribution is -2.50. The van der Waals surface area contributed by atoms with Crippen LogP contribution >= 0.6 is 0 Å². The maximum Gasteiger partial charge on any atom is 0.243 e. The molecule has 1 heterocycles. The number of carbonyl (C=O) groups excluding carboxylic acids is 2. The van der Waals surface area contributed by atoms with Crippen molar-refractivity contribution in [3.8, 4) is 0 Å². The van der Waals surface area contributed by atoms with Gasteiger partial charge in [0.2, 0.25) is 21.8 Å². The fraction of sp³-hybridized carbons (Fsp3) is 0.636. The maximum atomic E-state index is 13.0. The number of amides is 2. The highest BCUT2D eigenvalue weighted by molar-refractivity contribution is 7.89. The third-order valence-corrected chi connectivity index (χ3v) is 8.13. The summed E-state index contributed by atoms with van der Waals surface area (Å²) in [7, 11) is -3.58. The van der Waals surface area contributed by atoms with E-state index in [2.05, 4.69) is 5.32 Å². The fourth-order valence-corrected chi connectivity index (χ4v) is 5.96. The van der Waals surface area contributed by atoms with Gasteiger partial charge in [-0.3, -0.25) is 9.59 Å². The Hall–Kier alpha value is -1.93. The molecule has 1 aromatic rings. The molecule has 1 saturated carbocycles. The molecule has 2 aliphatic rings. The van der Waals surface area contributed by atoms with Crippen molar-refractivity contribution in [1.29, 1.82) is 0 Å². The van der Waals surface area contributed by atoms with Gasteiger partial charge in [0.15, 0.2) is 0 Å². The van der Waals surface area contributed by atoms with E-state index in [-0.39, 0.29) is 43.8 Å². The molecule has 0 bridgehead atoms.